The van der Waals surface area contributed by atoms with Crippen LogP contribution in [0.15, 0.2) is 64.4 Å². The fourth-order valence-electron chi connectivity index (χ4n) is 2.44. The molecular weight excluding hydrogens is 439 g/mol. The molecule has 0 bridgehead atoms. The van der Waals surface area contributed by atoms with Crippen molar-refractivity contribution in [3.63, 3.8) is 0 Å². The van der Waals surface area contributed by atoms with Gasteiger partial charge >= 0.3 is 0 Å². The van der Waals surface area contributed by atoms with Crippen LogP contribution in [0.25, 0.3) is 5.69 Å². The molecular formula is C18H14Cl2N4O4S. The number of sulfonamides is 1. The molecule has 0 fully saturated rings. The Morgan fingerprint density at radius 3 is 2.38 bits per heavy atom. The van der Waals surface area contributed by atoms with Gasteiger partial charge in [0, 0.05) is 12.6 Å². The number of nitrogens with zero attached hydrogens (tertiary/aromatic N) is 2. The van der Waals surface area contributed by atoms with Crippen LogP contribution >= 0.6 is 23.2 Å². The molecule has 11 heteroatoms. The molecule has 0 atom stereocenters. The fraction of sp³-hybridized carbons (Fsp3) is 0.0556. The van der Waals surface area contributed by atoms with E-state index in [2.05, 4.69) is 15.1 Å². The molecule has 3 aromatic rings. The zero-order chi connectivity index (χ0) is 21.2. The number of rotatable bonds is 5. The molecule has 0 radical (unpaired) electrons. The highest BCUT2D eigenvalue weighted by molar-refractivity contribution is 7.92. The van der Waals surface area contributed by atoms with Gasteiger partial charge < -0.3 is 5.32 Å². The van der Waals surface area contributed by atoms with Gasteiger partial charge in [0.1, 0.15) is 5.02 Å². The Hall–Kier alpha value is -2.88. The smallest absolute Gasteiger partial charge is 0.291 e. The lowest BCUT2D eigenvalue weighted by Crippen LogP contribution is -2.21. The molecule has 1 heterocycles. The van der Waals surface area contributed by atoms with Gasteiger partial charge in [0.25, 0.3) is 15.6 Å². The summed E-state index contributed by atoms with van der Waals surface area (Å²) in [5.74, 6) is -0.272. The van der Waals surface area contributed by atoms with Crippen LogP contribution < -0.4 is 15.6 Å². The third-order valence-corrected chi connectivity index (χ3v) is 5.85. The molecule has 0 aliphatic heterocycles. The highest BCUT2D eigenvalue weighted by atomic mass is 35.5. The lowest BCUT2D eigenvalue weighted by atomic mass is 10.3. The van der Waals surface area contributed by atoms with E-state index in [4.69, 9.17) is 23.2 Å². The van der Waals surface area contributed by atoms with E-state index in [0.717, 1.165) is 4.68 Å². The van der Waals surface area contributed by atoms with Crippen molar-refractivity contribution in [3.05, 3.63) is 75.1 Å². The summed E-state index contributed by atoms with van der Waals surface area (Å²) in [5, 5.41) is 6.31. The molecule has 0 saturated heterocycles. The van der Waals surface area contributed by atoms with Crippen LogP contribution in [0.3, 0.4) is 0 Å². The van der Waals surface area contributed by atoms with Gasteiger partial charge in [-0.1, -0.05) is 29.3 Å². The van der Waals surface area contributed by atoms with Gasteiger partial charge in [-0.2, -0.15) is 9.78 Å². The summed E-state index contributed by atoms with van der Waals surface area (Å²) in [7, 11) is -3.90. The summed E-state index contributed by atoms with van der Waals surface area (Å²) < 4.78 is 28.7. The first-order chi connectivity index (χ1) is 13.7. The van der Waals surface area contributed by atoms with E-state index >= 15 is 0 Å². The van der Waals surface area contributed by atoms with Crippen LogP contribution in [-0.2, 0) is 14.8 Å². The number of hydrogen-bond acceptors (Lipinski definition) is 5. The van der Waals surface area contributed by atoms with E-state index in [1.54, 1.807) is 18.2 Å². The van der Waals surface area contributed by atoms with Crippen LogP contribution in [-0.4, -0.2) is 24.1 Å². The normalized spacial score (nSPS) is 11.1. The number of aromatic nitrogens is 2. The highest BCUT2D eigenvalue weighted by Crippen LogP contribution is 2.21. The van der Waals surface area contributed by atoms with Crippen molar-refractivity contribution in [2.24, 2.45) is 0 Å². The van der Waals surface area contributed by atoms with Gasteiger partial charge in [-0.15, -0.1) is 0 Å². The lowest BCUT2D eigenvalue weighted by molar-refractivity contribution is -0.114. The Morgan fingerprint density at radius 2 is 1.72 bits per heavy atom. The standard InChI is InChI=1S/C18H14Cl2N4O4S/c1-11(25)22-12-3-2-4-13(9-12)23-29(27,28)15-7-5-14(6-8-15)24-18(26)17(20)16(19)10-21-24/h2-10,23H,1H3,(H,22,25). The van der Waals surface area contributed by atoms with Gasteiger partial charge in [-0.05, 0) is 42.5 Å². The Morgan fingerprint density at radius 1 is 1.07 bits per heavy atom. The molecule has 2 N–H and O–H groups in total. The quantitative estimate of drug-likeness (QED) is 0.616. The minimum Gasteiger partial charge on any atom is -0.326 e. The van der Waals surface area contributed by atoms with Crippen LogP contribution in [0, 0.1) is 0 Å². The summed E-state index contributed by atoms with van der Waals surface area (Å²) in [5.41, 5.74) is 0.434. The summed E-state index contributed by atoms with van der Waals surface area (Å²) in [6.45, 7) is 1.35. The Bertz CT molecular complexity index is 1240. The number of hydrogen-bond donors (Lipinski definition) is 2. The molecule has 0 saturated carbocycles. The van der Waals surface area contributed by atoms with E-state index in [9.17, 15) is 18.0 Å². The SMILES string of the molecule is CC(=O)Nc1cccc(NS(=O)(=O)c2ccc(-n3ncc(Cl)c(Cl)c3=O)cc2)c1. The summed E-state index contributed by atoms with van der Waals surface area (Å²) in [4.78, 5) is 23.3. The molecule has 1 aromatic heterocycles. The zero-order valence-electron chi connectivity index (χ0n) is 14.9. The number of halogens is 2. The van der Waals surface area contributed by atoms with E-state index in [-0.39, 0.29) is 26.5 Å². The summed E-state index contributed by atoms with van der Waals surface area (Å²) in [6, 6.07) is 11.8. The number of benzene rings is 2. The fourth-order valence-corrected chi connectivity index (χ4v) is 3.74. The first kappa shape index (κ1) is 20.8. The molecule has 150 valence electrons. The first-order valence-corrected chi connectivity index (χ1v) is 10.4. The first-order valence-electron chi connectivity index (χ1n) is 8.11. The summed E-state index contributed by atoms with van der Waals surface area (Å²) >= 11 is 11.6. The van der Waals surface area contributed by atoms with E-state index < -0.39 is 15.6 Å². The van der Waals surface area contributed by atoms with Crippen molar-refractivity contribution in [3.8, 4) is 5.69 Å². The van der Waals surface area contributed by atoms with E-state index in [1.807, 2.05) is 0 Å². The minimum absolute atomic E-state index is 0.0257. The summed E-state index contributed by atoms with van der Waals surface area (Å²) in [6.07, 6.45) is 1.22. The maximum Gasteiger partial charge on any atom is 0.291 e. The van der Waals surface area contributed by atoms with Gasteiger partial charge in [0.05, 0.1) is 27.5 Å². The Kier molecular flexibility index (Phi) is 5.92. The second-order valence-electron chi connectivity index (χ2n) is 5.88. The second kappa shape index (κ2) is 8.24. The van der Waals surface area contributed by atoms with E-state index in [1.165, 1.54) is 43.5 Å². The van der Waals surface area contributed by atoms with Crippen molar-refractivity contribution in [1.82, 2.24) is 9.78 Å². The highest BCUT2D eigenvalue weighted by Gasteiger charge is 2.16. The number of carbonyl (C=O) groups excluding carboxylic acids is 1. The average molecular weight is 453 g/mol. The molecule has 2 aromatic carbocycles. The van der Waals surface area contributed by atoms with Crippen LogP contribution in [0.1, 0.15) is 6.92 Å². The Balaban J connectivity index is 1.87. The van der Waals surface area contributed by atoms with Gasteiger partial charge in [0.2, 0.25) is 5.91 Å². The van der Waals surface area contributed by atoms with Crippen LogP contribution in [0.2, 0.25) is 10.0 Å². The monoisotopic (exact) mass is 452 g/mol. The molecule has 8 nitrogen and oxygen atoms in total. The maximum absolute atomic E-state index is 12.6. The number of anilines is 2. The molecule has 0 spiro atoms. The largest absolute Gasteiger partial charge is 0.326 e. The number of amides is 1. The van der Waals surface area contributed by atoms with Crippen molar-refractivity contribution in [2.45, 2.75) is 11.8 Å². The van der Waals surface area contributed by atoms with Gasteiger partial charge in [-0.25, -0.2) is 8.42 Å². The molecule has 0 unspecified atom stereocenters. The third kappa shape index (κ3) is 4.76. The topological polar surface area (TPSA) is 110 Å². The Labute approximate surface area is 176 Å². The molecule has 3 rings (SSSR count). The second-order valence-corrected chi connectivity index (χ2v) is 8.35. The maximum atomic E-state index is 12.6. The number of nitrogens with one attached hydrogen (secondary N) is 2. The third-order valence-electron chi connectivity index (χ3n) is 3.70. The lowest BCUT2D eigenvalue weighted by Gasteiger charge is -2.11. The average Bonchev–Trinajstić information content (AvgIpc) is 2.66. The van der Waals surface area contributed by atoms with E-state index in [0.29, 0.717) is 11.4 Å². The van der Waals surface area contributed by atoms with Crippen molar-refractivity contribution in [2.75, 3.05) is 10.0 Å². The predicted octanol–water partition coefficient (Wildman–Crippen LogP) is 3.30. The van der Waals surface area contributed by atoms with Crippen LogP contribution in [0.4, 0.5) is 11.4 Å². The van der Waals surface area contributed by atoms with Crippen LogP contribution in [0.5, 0.6) is 0 Å². The molecule has 0 aliphatic carbocycles. The molecule has 0 aliphatic rings. The van der Waals surface area contributed by atoms with Gasteiger partial charge in [0.15, 0.2) is 0 Å². The molecule has 1 amide bonds. The minimum atomic E-state index is -3.90. The zero-order valence-corrected chi connectivity index (χ0v) is 17.2. The van der Waals surface area contributed by atoms with Crippen molar-refractivity contribution < 1.29 is 13.2 Å². The van der Waals surface area contributed by atoms with Crippen molar-refractivity contribution in [1.29, 1.82) is 0 Å². The van der Waals surface area contributed by atoms with Gasteiger partial charge in [-0.3, -0.25) is 14.3 Å². The predicted molar refractivity (Wildman–Crippen MR) is 111 cm³/mol. The number of carbonyl (C=O) groups is 1. The van der Waals surface area contributed by atoms with Crippen molar-refractivity contribution >= 4 is 50.5 Å². The molecule has 29 heavy (non-hydrogen) atoms.